The van der Waals surface area contributed by atoms with Gasteiger partial charge in [-0.25, -0.2) is 4.98 Å². The summed E-state index contributed by atoms with van der Waals surface area (Å²) < 4.78 is 7.26. The van der Waals surface area contributed by atoms with Gasteiger partial charge in [0, 0.05) is 43.9 Å². The van der Waals surface area contributed by atoms with Crippen LogP contribution in [-0.2, 0) is 16.6 Å². The Kier molecular flexibility index (Phi) is 4.73. The van der Waals surface area contributed by atoms with E-state index in [9.17, 15) is 4.79 Å². The van der Waals surface area contributed by atoms with Gasteiger partial charge in [0.15, 0.2) is 0 Å². The number of imidazole rings is 1. The first-order valence-corrected chi connectivity index (χ1v) is 7.87. The van der Waals surface area contributed by atoms with E-state index in [1.165, 1.54) is 0 Å². The van der Waals surface area contributed by atoms with Gasteiger partial charge < -0.3 is 20.4 Å². The molecule has 0 saturated carbocycles. The molecule has 1 fully saturated rings. The van der Waals surface area contributed by atoms with Gasteiger partial charge in [0.25, 0.3) is 0 Å². The molecule has 1 unspecified atom stereocenters. The molecule has 0 spiro atoms. The zero-order valence-corrected chi connectivity index (χ0v) is 13.2. The number of hydrogen-bond donors (Lipinski definition) is 2. The molecule has 2 heterocycles. The maximum absolute atomic E-state index is 12.4. The lowest BCUT2D eigenvalue weighted by molar-refractivity contribution is -0.119. The lowest BCUT2D eigenvalue weighted by Crippen LogP contribution is -2.44. The van der Waals surface area contributed by atoms with Crippen molar-refractivity contribution in [3.63, 3.8) is 0 Å². The number of nitrogens with one attached hydrogen (secondary N) is 1. The van der Waals surface area contributed by atoms with Crippen molar-refractivity contribution in [2.45, 2.75) is 18.9 Å². The normalized spacial score (nSPS) is 17.0. The van der Waals surface area contributed by atoms with Crippen LogP contribution in [0.5, 0.6) is 0 Å². The number of anilines is 1. The average molecular weight is 314 g/mol. The molecular formula is C17H22N4O2. The minimum atomic E-state index is -0.504. The van der Waals surface area contributed by atoms with E-state index in [1.54, 1.807) is 6.20 Å². The molecule has 1 aliphatic heterocycles. The van der Waals surface area contributed by atoms with Crippen molar-refractivity contribution in [1.82, 2.24) is 9.55 Å². The number of ether oxygens (including phenoxy) is 1. The summed E-state index contributed by atoms with van der Waals surface area (Å²) in [5, 5.41) is 2.92. The number of nitrogens with two attached hydrogens (primary N) is 1. The first-order valence-electron chi connectivity index (χ1n) is 7.87. The summed E-state index contributed by atoms with van der Waals surface area (Å²) in [5.74, 6) is 0.894. The highest BCUT2D eigenvalue weighted by molar-refractivity contribution is 5.95. The van der Waals surface area contributed by atoms with Gasteiger partial charge >= 0.3 is 0 Å². The highest BCUT2D eigenvalue weighted by Crippen LogP contribution is 2.22. The Morgan fingerprint density at radius 3 is 2.91 bits per heavy atom. The van der Waals surface area contributed by atoms with Crippen LogP contribution in [0.25, 0.3) is 11.4 Å². The smallest absolute Gasteiger partial charge is 0.241 e. The number of aryl methyl sites for hydroxylation is 1. The van der Waals surface area contributed by atoms with E-state index in [4.69, 9.17) is 10.5 Å². The average Bonchev–Trinajstić information content (AvgIpc) is 3.01. The number of hydrogen-bond acceptors (Lipinski definition) is 4. The Hall–Kier alpha value is -2.18. The molecule has 1 aromatic carbocycles. The van der Waals surface area contributed by atoms with Crippen LogP contribution in [0.15, 0.2) is 36.7 Å². The maximum Gasteiger partial charge on any atom is 0.241 e. The quantitative estimate of drug-likeness (QED) is 0.901. The Morgan fingerprint density at radius 2 is 2.22 bits per heavy atom. The molecule has 1 aliphatic rings. The van der Waals surface area contributed by atoms with Crippen molar-refractivity contribution in [1.29, 1.82) is 0 Å². The fourth-order valence-electron chi connectivity index (χ4n) is 2.89. The monoisotopic (exact) mass is 314 g/mol. The predicted octanol–water partition coefficient (Wildman–Crippen LogP) is 1.78. The Balaban J connectivity index is 1.70. The van der Waals surface area contributed by atoms with Gasteiger partial charge in [0.1, 0.15) is 5.82 Å². The van der Waals surface area contributed by atoms with Gasteiger partial charge in [-0.2, -0.15) is 0 Å². The Morgan fingerprint density at radius 1 is 1.43 bits per heavy atom. The van der Waals surface area contributed by atoms with Crippen molar-refractivity contribution in [3.8, 4) is 11.4 Å². The van der Waals surface area contributed by atoms with Crippen LogP contribution in [0.3, 0.4) is 0 Å². The predicted molar refractivity (Wildman–Crippen MR) is 88.8 cm³/mol. The number of carbonyl (C=O) groups is 1. The van der Waals surface area contributed by atoms with Crippen LogP contribution < -0.4 is 11.1 Å². The Bertz CT molecular complexity index is 677. The lowest BCUT2D eigenvalue weighted by Gasteiger charge is -2.26. The number of rotatable bonds is 4. The molecule has 3 rings (SSSR count). The van der Waals surface area contributed by atoms with E-state index in [0.717, 1.165) is 29.9 Å². The second-order valence-electron chi connectivity index (χ2n) is 5.91. The van der Waals surface area contributed by atoms with Gasteiger partial charge in [0.2, 0.25) is 5.91 Å². The largest absolute Gasteiger partial charge is 0.381 e. The fourth-order valence-corrected chi connectivity index (χ4v) is 2.89. The summed E-state index contributed by atoms with van der Waals surface area (Å²) in [6.07, 6.45) is 5.31. The van der Waals surface area contributed by atoms with Crippen LogP contribution in [0.2, 0.25) is 0 Å². The van der Waals surface area contributed by atoms with Crippen molar-refractivity contribution in [2.24, 2.45) is 18.7 Å². The molecule has 0 bridgehead atoms. The molecule has 1 saturated heterocycles. The lowest BCUT2D eigenvalue weighted by atomic mass is 9.92. The van der Waals surface area contributed by atoms with E-state index in [1.807, 2.05) is 42.1 Å². The first-order chi connectivity index (χ1) is 11.1. The number of nitrogens with zero attached hydrogens (tertiary/aromatic N) is 2. The molecule has 23 heavy (non-hydrogen) atoms. The summed E-state index contributed by atoms with van der Waals surface area (Å²) >= 11 is 0. The molecule has 6 nitrogen and oxygen atoms in total. The molecule has 122 valence electrons. The van der Waals surface area contributed by atoms with E-state index in [-0.39, 0.29) is 11.8 Å². The molecule has 0 radical (unpaired) electrons. The minimum absolute atomic E-state index is 0.145. The van der Waals surface area contributed by atoms with E-state index < -0.39 is 6.04 Å². The van der Waals surface area contributed by atoms with Gasteiger partial charge in [-0.3, -0.25) is 4.79 Å². The van der Waals surface area contributed by atoms with Gasteiger partial charge in [0.05, 0.1) is 6.04 Å². The third-order valence-electron chi connectivity index (χ3n) is 4.29. The van der Waals surface area contributed by atoms with Gasteiger partial charge in [-0.15, -0.1) is 0 Å². The molecule has 0 aliphatic carbocycles. The molecule has 2 aromatic rings. The standard InChI is InChI=1S/C17H22N4O2/c1-21-8-7-19-16(21)13-3-2-4-14(11-13)20-17(22)15(18)12-5-9-23-10-6-12/h2-4,7-8,11-12,15H,5-6,9-10,18H2,1H3,(H,20,22). The summed E-state index contributed by atoms with van der Waals surface area (Å²) in [7, 11) is 1.94. The van der Waals surface area contributed by atoms with Gasteiger partial charge in [-0.1, -0.05) is 12.1 Å². The highest BCUT2D eigenvalue weighted by Gasteiger charge is 2.26. The van der Waals surface area contributed by atoms with Crippen LogP contribution in [0.4, 0.5) is 5.69 Å². The summed E-state index contributed by atoms with van der Waals surface area (Å²) in [4.78, 5) is 16.7. The summed E-state index contributed by atoms with van der Waals surface area (Å²) in [6, 6.07) is 7.14. The van der Waals surface area contributed by atoms with Crippen LogP contribution in [0.1, 0.15) is 12.8 Å². The van der Waals surface area contributed by atoms with E-state index in [0.29, 0.717) is 13.2 Å². The van der Waals surface area contributed by atoms with Crippen molar-refractivity contribution in [2.75, 3.05) is 18.5 Å². The fraction of sp³-hybridized carbons (Fsp3) is 0.412. The topological polar surface area (TPSA) is 82.2 Å². The van der Waals surface area contributed by atoms with Crippen LogP contribution >= 0.6 is 0 Å². The Labute approximate surface area is 135 Å². The van der Waals surface area contributed by atoms with Gasteiger partial charge in [-0.05, 0) is 30.9 Å². The molecule has 1 aromatic heterocycles. The maximum atomic E-state index is 12.4. The SMILES string of the molecule is Cn1ccnc1-c1cccc(NC(=O)C(N)C2CCOCC2)c1. The minimum Gasteiger partial charge on any atom is -0.381 e. The van der Waals surface area contributed by atoms with Crippen LogP contribution in [0, 0.1) is 5.92 Å². The molecular weight excluding hydrogens is 292 g/mol. The third-order valence-corrected chi connectivity index (χ3v) is 4.29. The number of aromatic nitrogens is 2. The zero-order valence-electron chi connectivity index (χ0n) is 13.2. The molecule has 3 N–H and O–H groups in total. The van der Waals surface area contributed by atoms with Crippen molar-refractivity contribution >= 4 is 11.6 Å². The van der Waals surface area contributed by atoms with E-state index >= 15 is 0 Å². The van der Waals surface area contributed by atoms with E-state index in [2.05, 4.69) is 10.3 Å². The zero-order chi connectivity index (χ0) is 16.2. The number of carbonyl (C=O) groups excluding carboxylic acids is 1. The van der Waals surface area contributed by atoms with Crippen LogP contribution in [-0.4, -0.2) is 34.7 Å². The second-order valence-corrected chi connectivity index (χ2v) is 5.91. The molecule has 1 amide bonds. The number of benzene rings is 1. The summed E-state index contributed by atoms with van der Waals surface area (Å²) in [6.45, 7) is 1.36. The molecule has 6 heteroatoms. The highest BCUT2D eigenvalue weighted by atomic mass is 16.5. The first kappa shape index (κ1) is 15.7. The third kappa shape index (κ3) is 3.60. The number of amides is 1. The summed E-state index contributed by atoms with van der Waals surface area (Å²) in [5.41, 5.74) is 7.80. The molecule has 1 atom stereocenters. The second kappa shape index (κ2) is 6.93. The van der Waals surface area contributed by atoms with Crippen molar-refractivity contribution in [3.05, 3.63) is 36.7 Å². The van der Waals surface area contributed by atoms with Crippen molar-refractivity contribution < 1.29 is 9.53 Å².